The standard InChI is InChI=1S/C17H15FN2O6/c1-25-15-6-5-11(7-14(15)18)10-26-16(21)9-19-17(22)12-3-2-4-13(8-12)20(23)24/h2-8H,9-10H2,1H3,(H,19,22). The SMILES string of the molecule is COc1ccc(COC(=O)CNC(=O)c2cccc([N+](=O)[O-])c2)cc1F. The van der Waals surface area contributed by atoms with Gasteiger partial charge in [-0.2, -0.15) is 0 Å². The lowest BCUT2D eigenvalue weighted by Crippen LogP contribution is -2.30. The molecule has 0 saturated heterocycles. The van der Waals surface area contributed by atoms with Crippen LogP contribution >= 0.6 is 0 Å². The molecule has 136 valence electrons. The summed E-state index contributed by atoms with van der Waals surface area (Å²) in [4.78, 5) is 33.6. The van der Waals surface area contributed by atoms with E-state index in [4.69, 9.17) is 9.47 Å². The third kappa shape index (κ3) is 5.00. The zero-order valence-corrected chi connectivity index (χ0v) is 13.7. The first-order valence-corrected chi connectivity index (χ1v) is 7.41. The molecule has 0 fully saturated rings. The van der Waals surface area contributed by atoms with Crippen LogP contribution in [-0.2, 0) is 16.1 Å². The van der Waals surface area contributed by atoms with Crippen LogP contribution in [0, 0.1) is 15.9 Å². The van der Waals surface area contributed by atoms with Crippen molar-refractivity contribution in [3.05, 3.63) is 69.5 Å². The molecule has 8 nitrogen and oxygen atoms in total. The van der Waals surface area contributed by atoms with Crippen LogP contribution in [0.3, 0.4) is 0 Å². The number of amides is 1. The van der Waals surface area contributed by atoms with Gasteiger partial charge in [-0.25, -0.2) is 4.39 Å². The number of benzene rings is 2. The summed E-state index contributed by atoms with van der Waals surface area (Å²) < 4.78 is 23.3. The topological polar surface area (TPSA) is 108 Å². The Kier molecular flexibility index (Phi) is 6.20. The molecule has 0 saturated carbocycles. The first-order chi connectivity index (χ1) is 12.4. The maximum atomic E-state index is 13.5. The van der Waals surface area contributed by atoms with Crippen LogP contribution in [-0.4, -0.2) is 30.5 Å². The Hall–Kier alpha value is -3.49. The van der Waals surface area contributed by atoms with Crippen LogP contribution in [0.5, 0.6) is 5.75 Å². The van der Waals surface area contributed by atoms with Crippen LogP contribution in [0.25, 0.3) is 0 Å². The lowest BCUT2D eigenvalue weighted by Gasteiger charge is -2.08. The minimum absolute atomic E-state index is 0.0456. The van der Waals surface area contributed by atoms with E-state index in [1.165, 1.54) is 43.5 Å². The van der Waals surface area contributed by atoms with Crippen molar-refractivity contribution in [2.75, 3.05) is 13.7 Å². The van der Waals surface area contributed by atoms with E-state index in [9.17, 15) is 24.1 Å². The minimum atomic E-state index is -0.736. The molecule has 0 unspecified atom stereocenters. The number of methoxy groups -OCH3 is 1. The number of esters is 1. The van der Waals surface area contributed by atoms with Gasteiger partial charge in [0.2, 0.25) is 0 Å². The zero-order chi connectivity index (χ0) is 19.1. The summed E-state index contributed by atoms with van der Waals surface area (Å²) in [6.07, 6.45) is 0. The average molecular weight is 362 g/mol. The number of halogens is 1. The molecule has 0 aromatic heterocycles. The summed E-state index contributed by atoms with van der Waals surface area (Å²) in [6.45, 7) is -0.605. The fourth-order valence-electron chi connectivity index (χ4n) is 2.03. The predicted molar refractivity (Wildman–Crippen MR) is 88.2 cm³/mol. The fraction of sp³-hybridized carbons (Fsp3) is 0.176. The number of hydrogen-bond acceptors (Lipinski definition) is 6. The second kappa shape index (κ2) is 8.56. The van der Waals surface area contributed by atoms with Crippen molar-refractivity contribution in [3.8, 4) is 5.75 Å². The summed E-state index contributed by atoms with van der Waals surface area (Å²) in [5.41, 5.74) is 0.229. The normalized spacial score (nSPS) is 10.1. The third-order valence-corrected chi connectivity index (χ3v) is 3.33. The van der Waals surface area contributed by atoms with Crippen molar-refractivity contribution in [1.82, 2.24) is 5.32 Å². The van der Waals surface area contributed by atoms with Gasteiger partial charge < -0.3 is 14.8 Å². The second-order valence-corrected chi connectivity index (χ2v) is 5.12. The highest BCUT2D eigenvalue weighted by molar-refractivity contribution is 5.96. The molecular weight excluding hydrogens is 347 g/mol. The quantitative estimate of drug-likeness (QED) is 0.460. The summed E-state index contributed by atoms with van der Waals surface area (Å²) in [6, 6.07) is 9.21. The van der Waals surface area contributed by atoms with Gasteiger partial charge in [-0.05, 0) is 23.8 Å². The molecular formula is C17H15FN2O6. The molecule has 0 spiro atoms. The van der Waals surface area contributed by atoms with Gasteiger partial charge >= 0.3 is 5.97 Å². The van der Waals surface area contributed by atoms with Crippen molar-refractivity contribution in [3.63, 3.8) is 0 Å². The molecule has 0 bridgehead atoms. The van der Waals surface area contributed by atoms with Gasteiger partial charge in [-0.3, -0.25) is 19.7 Å². The zero-order valence-electron chi connectivity index (χ0n) is 13.7. The highest BCUT2D eigenvalue weighted by Gasteiger charge is 2.13. The van der Waals surface area contributed by atoms with Gasteiger partial charge in [-0.15, -0.1) is 0 Å². The first kappa shape index (κ1) is 18.8. The van der Waals surface area contributed by atoms with Crippen LogP contribution < -0.4 is 10.1 Å². The van der Waals surface area contributed by atoms with Gasteiger partial charge in [0.05, 0.1) is 12.0 Å². The number of ether oxygens (including phenoxy) is 2. The molecule has 0 heterocycles. The van der Waals surface area contributed by atoms with E-state index in [1.807, 2.05) is 0 Å². The second-order valence-electron chi connectivity index (χ2n) is 5.12. The van der Waals surface area contributed by atoms with Gasteiger partial charge in [-0.1, -0.05) is 12.1 Å². The molecule has 0 atom stereocenters. The Morgan fingerprint density at radius 2 is 2.00 bits per heavy atom. The van der Waals surface area contributed by atoms with E-state index in [2.05, 4.69) is 5.32 Å². The Balaban J connectivity index is 1.85. The molecule has 2 aromatic carbocycles. The number of non-ortho nitro benzene ring substituents is 1. The number of nitrogens with one attached hydrogen (secondary N) is 1. The summed E-state index contributed by atoms with van der Waals surface area (Å²) in [7, 11) is 1.34. The van der Waals surface area contributed by atoms with E-state index in [0.29, 0.717) is 5.56 Å². The Bertz CT molecular complexity index is 840. The first-order valence-electron chi connectivity index (χ1n) is 7.41. The summed E-state index contributed by atoms with van der Waals surface area (Å²) in [5.74, 6) is -1.90. The van der Waals surface area contributed by atoms with Crippen molar-refractivity contribution in [2.24, 2.45) is 0 Å². The number of nitro benzene ring substituents is 1. The maximum Gasteiger partial charge on any atom is 0.325 e. The smallest absolute Gasteiger partial charge is 0.325 e. The molecule has 9 heteroatoms. The lowest BCUT2D eigenvalue weighted by atomic mass is 10.2. The number of carbonyl (C=O) groups excluding carboxylic acids is 2. The molecule has 2 aromatic rings. The summed E-state index contributed by atoms with van der Waals surface area (Å²) >= 11 is 0. The van der Waals surface area contributed by atoms with E-state index < -0.39 is 29.2 Å². The Morgan fingerprint density at radius 1 is 1.23 bits per heavy atom. The number of nitro groups is 1. The summed E-state index contributed by atoms with van der Waals surface area (Å²) in [5, 5.41) is 13.0. The average Bonchev–Trinajstić information content (AvgIpc) is 2.64. The maximum absolute atomic E-state index is 13.5. The fourth-order valence-corrected chi connectivity index (χ4v) is 2.03. The number of hydrogen-bond donors (Lipinski definition) is 1. The largest absolute Gasteiger partial charge is 0.494 e. The molecule has 0 aliphatic carbocycles. The highest BCUT2D eigenvalue weighted by atomic mass is 19.1. The van der Waals surface area contributed by atoms with E-state index >= 15 is 0 Å². The molecule has 0 radical (unpaired) electrons. The third-order valence-electron chi connectivity index (χ3n) is 3.33. The number of rotatable bonds is 7. The lowest BCUT2D eigenvalue weighted by molar-refractivity contribution is -0.384. The molecule has 2 rings (SSSR count). The predicted octanol–water partition coefficient (Wildman–Crippen LogP) is 2.22. The minimum Gasteiger partial charge on any atom is -0.494 e. The molecule has 26 heavy (non-hydrogen) atoms. The molecule has 0 aliphatic rings. The monoisotopic (exact) mass is 362 g/mol. The van der Waals surface area contributed by atoms with Crippen molar-refractivity contribution in [2.45, 2.75) is 6.61 Å². The number of nitrogens with zero attached hydrogens (tertiary/aromatic N) is 1. The van der Waals surface area contributed by atoms with E-state index in [1.54, 1.807) is 0 Å². The van der Waals surface area contributed by atoms with E-state index in [-0.39, 0.29) is 23.6 Å². The van der Waals surface area contributed by atoms with Crippen LogP contribution in [0.1, 0.15) is 15.9 Å². The highest BCUT2D eigenvalue weighted by Crippen LogP contribution is 2.18. The van der Waals surface area contributed by atoms with E-state index in [0.717, 1.165) is 6.07 Å². The van der Waals surface area contributed by atoms with Crippen LogP contribution in [0.15, 0.2) is 42.5 Å². The molecule has 1 N–H and O–H groups in total. The van der Waals surface area contributed by atoms with Crippen molar-refractivity contribution < 1.29 is 28.4 Å². The number of carbonyl (C=O) groups is 2. The Labute approximate surface area is 147 Å². The van der Waals surface area contributed by atoms with Crippen molar-refractivity contribution >= 4 is 17.6 Å². The van der Waals surface area contributed by atoms with Crippen molar-refractivity contribution in [1.29, 1.82) is 0 Å². The van der Waals surface area contributed by atoms with Crippen LogP contribution in [0.4, 0.5) is 10.1 Å². The Morgan fingerprint density at radius 3 is 2.65 bits per heavy atom. The van der Waals surface area contributed by atoms with Gasteiger partial charge in [0.25, 0.3) is 11.6 Å². The van der Waals surface area contributed by atoms with Gasteiger partial charge in [0.1, 0.15) is 13.2 Å². The molecule has 0 aliphatic heterocycles. The van der Waals surface area contributed by atoms with Gasteiger partial charge in [0, 0.05) is 17.7 Å². The van der Waals surface area contributed by atoms with Crippen LogP contribution in [0.2, 0.25) is 0 Å². The molecule has 1 amide bonds. The van der Waals surface area contributed by atoms with Gasteiger partial charge in [0.15, 0.2) is 11.6 Å².